The second-order valence-electron chi connectivity index (χ2n) is 8.95. The Hall–Kier alpha value is -1.42. The number of hydrogen-bond donors (Lipinski definition) is 1. The molecule has 3 heteroatoms. The normalized spacial score (nSPS) is 19.2. The summed E-state index contributed by atoms with van der Waals surface area (Å²) < 4.78 is 0. The molecular formula is C25H38N2O. The van der Waals surface area contributed by atoms with Crippen molar-refractivity contribution < 1.29 is 5.11 Å². The quantitative estimate of drug-likeness (QED) is 0.704. The summed E-state index contributed by atoms with van der Waals surface area (Å²) in [7, 11) is 4.30. The summed E-state index contributed by atoms with van der Waals surface area (Å²) in [4.78, 5) is 4.81. The molecule has 0 heterocycles. The second kappa shape index (κ2) is 9.39. The van der Waals surface area contributed by atoms with Crippen molar-refractivity contribution in [1.29, 1.82) is 0 Å². The third-order valence-electron chi connectivity index (χ3n) is 6.86. The smallest absolute Gasteiger partial charge is 0.0728 e. The molecule has 154 valence electrons. The standard InChI is InChI=1S/C25H38N2O/c1-5-27(18-20(2)26(3)4)19-24(25(28)16-9-6-10-17-25)23-15-11-13-21-12-7-8-14-22(21)23/h7-8,11-15,20,24,28H,5-6,9-10,16-19H2,1-4H3/t20-,24?/m1/s1. The molecule has 2 atom stereocenters. The Bertz CT molecular complexity index is 746. The van der Waals surface area contributed by atoms with Crippen molar-refractivity contribution in [3.05, 3.63) is 48.0 Å². The molecular weight excluding hydrogens is 344 g/mol. The van der Waals surface area contributed by atoms with E-state index < -0.39 is 5.60 Å². The van der Waals surface area contributed by atoms with Crippen LogP contribution in [0, 0.1) is 0 Å². The van der Waals surface area contributed by atoms with Crippen LogP contribution in [0.5, 0.6) is 0 Å². The first-order valence-corrected chi connectivity index (χ1v) is 11.0. The van der Waals surface area contributed by atoms with Crippen LogP contribution in [-0.2, 0) is 0 Å². The van der Waals surface area contributed by atoms with Gasteiger partial charge in [-0.05, 0) is 56.7 Å². The fourth-order valence-corrected chi connectivity index (χ4v) is 4.75. The van der Waals surface area contributed by atoms with Crippen molar-refractivity contribution in [2.45, 2.75) is 63.5 Å². The van der Waals surface area contributed by atoms with Gasteiger partial charge >= 0.3 is 0 Å². The molecule has 3 nitrogen and oxygen atoms in total. The maximum Gasteiger partial charge on any atom is 0.0728 e. The number of hydrogen-bond acceptors (Lipinski definition) is 3. The van der Waals surface area contributed by atoms with E-state index in [4.69, 9.17) is 0 Å². The number of fused-ring (bicyclic) bond motifs is 1. The average molecular weight is 383 g/mol. The number of rotatable bonds is 8. The van der Waals surface area contributed by atoms with Crippen LogP contribution < -0.4 is 0 Å². The minimum atomic E-state index is -0.600. The molecule has 0 aromatic heterocycles. The van der Waals surface area contributed by atoms with Crippen molar-refractivity contribution in [3.63, 3.8) is 0 Å². The largest absolute Gasteiger partial charge is 0.389 e. The van der Waals surface area contributed by atoms with Gasteiger partial charge in [-0.25, -0.2) is 0 Å². The van der Waals surface area contributed by atoms with E-state index in [-0.39, 0.29) is 5.92 Å². The zero-order chi connectivity index (χ0) is 20.1. The van der Waals surface area contributed by atoms with Gasteiger partial charge in [0.05, 0.1) is 5.60 Å². The van der Waals surface area contributed by atoms with Crippen molar-refractivity contribution in [3.8, 4) is 0 Å². The van der Waals surface area contributed by atoms with E-state index in [1.165, 1.54) is 22.8 Å². The number of likely N-dealkylation sites (N-methyl/N-ethyl adjacent to an activating group) is 2. The zero-order valence-electron chi connectivity index (χ0n) is 18.2. The van der Waals surface area contributed by atoms with Crippen molar-refractivity contribution in [2.75, 3.05) is 33.7 Å². The topological polar surface area (TPSA) is 26.7 Å². The minimum absolute atomic E-state index is 0.146. The highest BCUT2D eigenvalue weighted by Crippen LogP contribution is 2.42. The highest BCUT2D eigenvalue weighted by atomic mass is 16.3. The first kappa shape index (κ1) is 21.3. The fourth-order valence-electron chi connectivity index (χ4n) is 4.75. The van der Waals surface area contributed by atoms with Crippen LogP contribution in [0.25, 0.3) is 10.8 Å². The van der Waals surface area contributed by atoms with Gasteiger partial charge in [0, 0.05) is 25.0 Å². The van der Waals surface area contributed by atoms with Crippen LogP contribution in [0.15, 0.2) is 42.5 Å². The number of aliphatic hydroxyl groups is 1. The van der Waals surface area contributed by atoms with Gasteiger partial charge in [-0.2, -0.15) is 0 Å². The van der Waals surface area contributed by atoms with E-state index in [1.807, 2.05) is 0 Å². The molecule has 1 aliphatic carbocycles. The van der Waals surface area contributed by atoms with Crippen molar-refractivity contribution in [2.24, 2.45) is 0 Å². The lowest BCUT2D eigenvalue weighted by Gasteiger charge is -2.42. The maximum atomic E-state index is 11.8. The molecule has 1 saturated carbocycles. The van der Waals surface area contributed by atoms with Crippen LogP contribution >= 0.6 is 0 Å². The summed E-state index contributed by atoms with van der Waals surface area (Å²) in [5.41, 5.74) is 0.718. The van der Waals surface area contributed by atoms with E-state index in [9.17, 15) is 5.11 Å². The van der Waals surface area contributed by atoms with Crippen LogP contribution in [0.1, 0.15) is 57.4 Å². The molecule has 3 rings (SSSR count). The molecule has 2 aromatic carbocycles. The molecule has 1 aliphatic rings. The first-order chi connectivity index (χ1) is 13.4. The lowest BCUT2D eigenvalue weighted by Crippen LogP contribution is -2.47. The average Bonchev–Trinajstić information content (AvgIpc) is 2.71. The van der Waals surface area contributed by atoms with Crippen LogP contribution in [0.2, 0.25) is 0 Å². The predicted octanol–water partition coefficient (Wildman–Crippen LogP) is 4.89. The van der Waals surface area contributed by atoms with Gasteiger partial charge in [-0.15, -0.1) is 0 Å². The van der Waals surface area contributed by atoms with E-state index in [0.717, 1.165) is 45.3 Å². The summed E-state index contributed by atoms with van der Waals surface area (Å²) in [6.45, 7) is 7.48. The van der Waals surface area contributed by atoms with Gasteiger partial charge in [0.2, 0.25) is 0 Å². The summed E-state index contributed by atoms with van der Waals surface area (Å²) >= 11 is 0. The Morgan fingerprint density at radius 3 is 2.32 bits per heavy atom. The Morgan fingerprint density at radius 1 is 0.964 bits per heavy atom. The van der Waals surface area contributed by atoms with Crippen LogP contribution in [-0.4, -0.2) is 60.3 Å². The van der Waals surface area contributed by atoms with Crippen molar-refractivity contribution >= 4 is 10.8 Å². The van der Waals surface area contributed by atoms with Gasteiger partial charge in [0.1, 0.15) is 0 Å². The summed E-state index contributed by atoms with van der Waals surface area (Å²) in [5.74, 6) is 0.146. The first-order valence-electron chi connectivity index (χ1n) is 11.0. The minimum Gasteiger partial charge on any atom is -0.389 e. The van der Waals surface area contributed by atoms with Gasteiger partial charge in [-0.3, -0.25) is 0 Å². The molecule has 28 heavy (non-hydrogen) atoms. The SMILES string of the molecule is CCN(CC(c1cccc2ccccc12)C1(O)CCCCC1)C[C@@H](C)N(C)C. The maximum absolute atomic E-state index is 11.8. The zero-order valence-corrected chi connectivity index (χ0v) is 18.2. The number of benzene rings is 2. The molecule has 1 N–H and O–H groups in total. The predicted molar refractivity (Wildman–Crippen MR) is 120 cm³/mol. The molecule has 0 saturated heterocycles. The Kier molecular flexibility index (Phi) is 7.14. The third kappa shape index (κ3) is 4.76. The Morgan fingerprint density at radius 2 is 1.64 bits per heavy atom. The van der Waals surface area contributed by atoms with Crippen LogP contribution in [0.3, 0.4) is 0 Å². The molecule has 0 bridgehead atoms. The lowest BCUT2D eigenvalue weighted by atomic mass is 9.71. The monoisotopic (exact) mass is 382 g/mol. The Labute approximate surface area is 171 Å². The molecule has 1 unspecified atom stereocenters. The molecule has 0 spiro atoms. The second-order valence-corrected chi connectivity index (χ2v) is 8.95. The van der Waals surface area contributed by atoms with E-state index in [0.29, 0.717) is 6.04 Å². The van der Waals surface area contributed by atoms with E-state index in [2.05, 4.69) is 80.2 Å². The van der Waals surface area contributed by atoms with Gasteiger partial charge in [0.15, 0.2) is 0 Å². The summed E-state index contributed by atoms with van der Waals surface area (Å²) in [6.07, 6.45) is 5.36. The highest BCUT2D eigenvalue weighted by Gasteiger charge is 2.40. The number of nitrogens with zero attached hydrogens (tertiary/aromatic N) is 2. The van der Waals surface area contributed by atoms with Gasteiger partial charge in [0.25, 0.3) is 0 Å². The lowest BCUT2D eigenvalue weighted by molar-refractivity contribution is -0.0313. The van der Waals surface area contributed by atoms with E-state index in [1.54, 1.807) is 0 Å². The van der Waals surface area contributed by atoms with E-state index >= 15 is 0 Å². The molecule has 1 fully saturated rings. The Balaban J connectivity index is 1.97. The van der Waals surface area contributed by atoms with Crippen molar-refractivity contribution in [1.82, 2.24) is 9.80 Å². The molecule has 0 amide bonds. The van der Waals surface area contributed by atoms with Crippen LogP contribution in [0.4, 0.5) is 0 Å². The van der Waals surface area contributed by atoms with Gasteiger partial charge < -0.3 is 14.9 Å². The third-order valence-corrected chi connectivity index (χ3v) is 6.86. The fraction of sp³-hybridized carbons (Fsp3) is 0.600. The summed E-state index contributed by atoms with van der Waals surface area (Å²) in [6, 6.07) is 15.7. The molecule has 2 aromatic rings. The molecule has 0 aliphatic heterocycles. The summed E-state index contributed by atoms with van der Waals surface area (Å²) in [5, 5.41) is 14.4. The molecule has 0 radical (unpaired) electrons. The van der Waals surface area contributed by atoms with Gasteiger partial charge in [-0.1, -0.05) is 68.7 Å². The highest BCUT2D eigenvalue weighted by molar-refractivity contribution is 5.86.